The van der Waals surface area contributed by atoms with Crippen LogP contribution in [0, 0.1) is 0 Å². The Morgan fingerprint density at radius 3 is 2.30 bits per heavy atom. The first-order valence-corrected chi connectivity index (χ1v) is 2.92. The van der Waals surface area contributed by atoms with Crippen LogP contribution in [0.5, 0.6) is 0 Å². The zero-order valence-corrected chi connectivity index (χ0v) is 5.43. The van der Waals surface area contributed by atoms with Gasteiger partial charge in [-0.2, -0.15) is 0 Å². The molecule has 0 amide bonds. The molecule has 0 fully saturated rings. The predicted octanol–water partition coefficient (Wildman–Crippen LogP) is 2.79. The Hall–Kier alpha value is -0.820. The molecule has 0 atom stereocenters. The van der Waals surface area contributed by atoms with E-state index in [9.17, 15) is 4.79 Å². The lowest BCUT2D eigenvalue weighted by Gasteiger charge is -1.90. The van der Waals surface area contributed by atoms with Crippen molar-refractivity contribution in [2.45, 2.75) is 7.43 Å². The van der Waals surface area contributed by atoms with E-state index in [4.69, 9.17) is 11.6 Å². The van der Waals surface area contributed by atoms with Gasteiger partial charge in [-0.15, -0.1) is 0 Å². The smallest absolute Gasteiger partial charge is 0.151 e. The lowest BCUT2D eigenvalue weighted by atomic mass is 10.2. The van der Waals surface area contributed by atoms with E-state index in [0.29, 0.717) is 10.6 Å². The van der Waals surface area contributed by atoms with E-state index in [1.54, 1.807) is 24.3 Å². The first-order chi connectivity index (χ1) is 4.34. The molecule has 0 saturated carbocycles. The molecule has 0 N–H and O–H groups in total. The average Bonchev–Trinajstić information content (AvgIpc) is 1.89. The molecule has 2 heteroatoms. The molecule has 1 aromatic rings. The Kier molecular flexibility index (Phi) is 3.74. The molecule has 1 nitrogen and oxygen atoms in total. The number of hydrogen-bond acceptors (Lipinski definition) is 1. The number of carbonyl (C=O) groups is 1. The third-order valence-corrected chi connectivity index (χ3v) is 1.38. The van der Waals surface area contributed by atoms with E-state index < -0.39 is 0 Å². The van der Waals surface area contributed by atoms with Crippen molar-refractivity contribution in [3.8, 4) is 0 Å². The first-order valence-electron chi connectivity index (χ1n) is 2.54. The van der Waals surface area contributed by atoms with Crippen molar-refractivity contribution >= 4 is 17.9 Å². The topological polar surface area (TPSA) is 17.1 Å². The second-order valence-corrected chi connectivity index (χ2v) is 2.05. The molecule has 0 spiro atoms. The maximum atomic E-state index is 10.1. The molecule has 0 heterocycles. The van der Waals surface area contributed by atoms with E-state index in [0.717, 1.165) is 6.29 Å². The zero-order chi connectivity index (χ0) is 6.69. The quantitative estimate of drug-likeness (QED) is 0.572. The summed E-state index contributed by atoms with van der Waals surface area (Å²) in [6, 6.07) is 6.92. The van der Waals surface area contributed by atoms with Crippen LogP contribution in [-0.2, 0) is 0 Å². The summed E-state index contributed by atoms with van der Waals surface area (Å²) in [5.74, 6) is 0. The summed E-state index contributed by atoms with van der Waals surface area (Å²) in [5.41, 5.74) is 0.541. The molecule has 54 valence electrons. The minimum atomic E-state index is 0. The van der Waals surface area contributed by atoms with E-state index in [1.165, 1.54) is 0 Å². The van der Waals surface area contributed by atoms with Crippen LogP contribution in [0.15, 0.2) is 24.3 Å². The minimum absolute atomic E-state index is 0. The molecule has 0 aliphatic rings. The summed E-state index contributed by atoms with van der Waals surface area (Å²) in [6.45, 7) is 0. The van der Waals surface area contributed by atoms with Crippen LogP contribution in [0.4, 0.5) is 0 Å². The standard InChI is InChI=1S/C7H5ClO.CH4/c8-7-4-2-1-3-6(7)5-9;/h1-5H;1H4. The molecule has 0 aliphatic carbocycles. The van der Waals surface area contributed by atoms with Crippen molar-refractivity contribution in [1.29, 1.82) is 0 Å². The van der Waals surface area contributed by atoms with Gasteiger partial charge in [-0.05, 0) is 6.07 Å². The van der Waals surface area contributed by atoms with Gasteiger partial charge in [-0.3, -0.25) is 4.79 Å². The van der Waals surface area contributed by atoms with Gasteiger partial charge in [0, 0.05) is 5.56 Å². The van der Waals surface area contributed by atoms with E-state index in [1.807, 2.05) is 0 Å². The molecule has 1 rings (SSSR count). The van der Waals surface area contributed by atoms with E-state index in [2.05, 4.69) is 0 Å². The highest BCUT2D eigenvalue weighted by molar-refractivity contribution is 6.32. The van der Waals surface area contributed by atoms with Crippen molar-refractivity contribution in [3.05, 3.63) is 34.9 Å². The number of aldehydes is 1. The maximum Gasteiger partial charge on any atom is 0.151 e. The molecule has 10 heavy (non-hydrogen) atoms. The molecular formula is C8H9ClO. The Morgan fingerprint density at radius 1 is 1.30 bits per heavy atom. The van der Waals surface area contributed by atoms with Crippen molar-refractivity contribution in [1.82, 2.24) is 0 Å². The van der Waals surface area contributed by atoms with Crippen LogP contribution in [0.2, 0.25) is 5.02 Å². The van der Waals surface area contributed by atoms with Gasteiger partial charge in [0.25, 0.3) is 0 Å². The SMILES string of the molecule is C.O=Cc1ccccc1Cl. The summed E-state index contributed by atoms with van der Waals surface area (Å²) in [5, 5.41) is 0.507. The van der Waals surface area contributed by atoms with Gasteiger partial charge in [0.1, 0.15) is 0 Å². The summed E-state index contributed by atoms with van der Waals surface area (Å²) in [7, 11) is 0. The predicted molar refractivity (Wildman–Crippen MR) is 43.6 cm³/mol. The maximum absolute atomic E-state index is 10.1. The minimum Gasteiger partial charge on any atom is -0.298 e. The lowest BCUT2D eigenvalue weighted by molar-refractivity contribution is 0.112. The van der Waals surface area contributed by atoms with Gasteiger partial charge in [0.05, 0.1) is 5.02 Å². The average molecular weight is 157 g/mol. The van der Waals surface area contributed by atoms with Crippen LogP contribution < -0.4 is 0 Å². The van der Waals surface area contributed by atoms with Crippen LogP contribution in [0.3, 0.4) is 0 Å². The molecule has 0 aliphatic heterocycles. The highest BCUT2D eigenvalue weighted by atomic mass is 35.5. The third-order valence-electron chi connectivity index (χ3n) is 1.03. The van der Waals surface area contributed by atoms with Crippen molar-refractivity contribution in [2.75, 3.05) is 0 Å². The molecule has 1 aromatic carbocycles. The zero-order valence-electron chi connectivity index (χ0n) is 4.67. The van der Waals surface area contributed by atoms with E-state index >= 15 is 0 Å². The van der Waals surface area contributed by atoms with Gasteiger partial charge < -0.3 is 0 Å². The Morgan fingerprint density at radius 2 is 1.90 bits per heavy atom. The number of carbonyl (C=O) groups excluding carboxylic acids is 1. The first kappa shape index (κ1) is 9.18. The molecule has 0 unspecified atom stereocenters. The Balaban J connectivity index is 0.000000810. The molecular weight excluding hydrogens is 148 g/mol. The van der Waals surface area contributed by atoms with Crippen molar-refractivity contribution < 1.29 is 4.79 Å². The van der Waals surface area contributed by atoms with Crippen molar-refractivity contribution in [3.63, 3.8) is 0 Å². The number of rotatable bonds is 1. The lowest BCUT2D eigenvalue weighted by Crippen LogP contribution is -1.77. The summed E-state index contributed by atoms with van der Waals surface area (Å²) >= 11 is 5.59. The van der Waals surface area contributed by atoms with Crippen molar-refractivity contribution in [2.24, 2.45) is 0 Å². The van der Waals surface area contributed by atoms with Gasteiger partial charge >= 0.3 is 0 Å². The molecule has 0 saturated heterocycles. The summed E-state index contributed by atoms with van der Waals surface area (Å²) in [4.78, 5) is 10.1. The highest BCUT2D eigenvalue weighted by Gasteiger charge is 1.92. The second-order valence-electron chi connectivity index (χ2n) is 1.64. The summed E-state index contributed by atoms with van der Waals surface area (Å²) < 4.78 is 0. The fourth-order valence-electron chi connectivity index (χ4n) is 0.571. The van der Waals surface area contributed by atoms with Crippen LogP contribution in [0.25, 0.3) is 0 Å². The van der Waals surface area contributed by atoms with Crippen LogP contribution in [0.1, 0.15) is 17.8 Å². The van der Waals surface area contributed by atoms with Gasteiger partial charge in [-0.1, -0.05) is 37.2 Å². The fraction of sp³-hybridized carbons (Fsp3) is 0.125. The number of halogens is 1. The van der Waals surface area contributed by atoms with Crippen LogP contribution in [-0.4, -0.2) is 6.29 Å². The van der Waals surface area contributed by atoms with Crippen LogP contribution >= 0.6 is 11.6 Å². The number of hydrogen-bond donors (Lipinski definition) is 0. The normalized spacial score (nSPS) is 8.10. The molecule has 0 aromatic heterocycles. The summed E-state index contributed by atoms with van der Waals surface area (Å²) in [6.07, 6.45) is 0.738. The van der Waals surface area contributed by atoms with Gasteiger partial charge in [-0.25, -0.2) is 0 Å². The second kappa shape index (κ2) is 4.07. The third kappa shape index (κ3) is 1.85. The Labute approximate surface area is 65.6 Å². The van der Waals surface area contributed by atoms with Gasteiger partial charge in [0.2, 0.25) is 0 Å². The van der Waals surface area contributed by atoms with Gasteiger partial charge in [0.15, 0.2) is 6.29 Å². The molecule has 0 bridgehead atoms. The van der Waals surface area contributed by atoms with E-state index in [-0.39, 0.29) is 7.43 Å². The Bertz CT molecular complexity index is 220. The highest BCUT2D eigenvalue weighted by Crippen LogP contribution is 2.11. The monoisotopic (exact) mass is 156 g/mol. The molecule has 0 radical (unpaired) electrons. The fourth-order valence-corrected chi connectivity index (χ4v) is 0.751. The largest absolute Gasteiger partial charge is 0.298 e. The number of benzene rings is 1.